The third-order valence-electron chi connectivity index (χ3n) is 10.6. The minimum absolute atomic E-state index is 0.923. The summed E-state index contributed by atoms with van der Waals surface area (Å²) in [7, 11) is 0. The van der Waals surface area contributed by atoms with E-state index in [-0.39, 0.29) is 0 Å². The predicted octanol–water partition coefficient (Wildman–Crippen LogP) is 13.8. The van der Waals surface area contributed by atoms with Gasteiger partial charge in [-0.2, -0.15) is 0 Å². The summed E-state index contributed by atoms with van der Waals surface area (Å²) in [6.07, 6.45) is 0. The molecule has 0 amide bonds. The number of fused-ring (bicyclic) bond motifs is 13. The van der Waals surface area contributed by atoms with Gasteiger partial charge < -0.3 is 4.42 Å². The van der Waals surface area contributed by atoms with Crippen LogP contribution in [0, 0.1) is 0 Å². The first-order valence-corrected chi connectivity index (χ1v) is 16.9. The van der Waals surface area contributed by atoms with E-state index < -0.39 is 0 Å². The van der Waals surface area contributed by atoms with Crippen LogP contribution in [0.5, 0.6) is 0 Å². The summed E-state index contributed by atoms with van der Waals surface area (Å²) in [4.78, 5) is 0. The molecule has 0 aliphatic carbocycles. The van der Waals surface area contributed by atoms with Crippen molar-refractivity contribution in [2.24, 2.45) is 0 Å². The topological polar surface area (TPSA) is 13.1 Å². The Hall–Kier alpha value is -6.44. The van der Waals surface area contributed by atoms with Crippen molar-refractivity contribution in [3.63, 3.8) is 0 Å². The molecule has 0 spiro atoms. The zero-order valence-electron chi connectivity index (χ0n) is 26.6. The minimum Gasteiger partial charge on any atom is -0.456 e. The van der Waals surface area contributed by atoms with Crippen LogP contribution in [0.3, 0.4) is 0 Å². The summed E-state index contributed by atoms with van der Waals surface area (Å²) in [5.41, 5.74) is 6.87. The molecule has 0 bridgehead atoms. The van der Waals surface area contributed by atoms with Crippen LogP contribution in [0.25, 0.3) is 109 Å². The third-order valence-corrected chi connectivity index (χ3v) is 10.6. The maximum absolute atomic E-state index is 6.38. The van der Waals surface area contributed by atoms with Crippen LogP contribution in [0.4, 0.5) is 0 Å². The Morgan fingerprint density at radius 3 is 1.45 bits per heavy atom. The molecule has 10 aromatic carbocycles. The molecule has 1 heterocycles. The maximum atomic E-state index is 6.38. The van der Waals surface area contributed by atoms with Gasteiger partial charge in [-0.1, -0.05) is 140 Å². The molecule has 1 heteroatoms. The summed E-state index contributed by atoms with van der Waals surface area (Å²) >= 11 is 0. The molecule has 226 valence electrons. The van der Waals surface area contributed by atoms with E-state index >= 15 is 0 Å². The van der Waals surface area contributed by atoms with Crippen LogP contribution < -0.4 is 0 Å². The van der Waals surface area contributed by atoms with Gasteiger partial charge in [-0.3, -0.25) is 0 Å². The van der Waals surface area contributed by atoms with Gasteiger partial charge in [0.25, 0.3) is 0 Å². The lowest BCUT2D eigenvalue weighted by Gasteiger charge is -2.19. The zero-order valence-corrected chi connectivity index (χ0v) is 26.6. The van der Waals surface area contributed by atoms with Gasteiger partial charge in [-0.25, -0.2) is 0 Å². The van der Waals surface area contributed by atoms with Gasteiger partial charge in [0.15, 0.2) is 0 Å². The van der Waals surface area contributed by atoms with Crippen LogP contribution in [0.1, 0.15) is 0 Å². The standard InChI is InChI=1S/C48H28O/c1-2-12-30-27-31(22-21-29(30)11-1)45-35-15-5-7-17-37(35)46(38-18-8-6-16-36(38)45)32-23-24-40-42(28-32)34-14-4-3-13-33(34)39-25-26-44-48(47(39)40)41-19-9-10-20-43(41)49-44/h1-28H. The van der Waals surface area contributed by atoms with Crippen LogP contribution >= 0.6 is 0 Å². The van der Waals surface area contributed by atoms with E-state index in [1.54, 1.807) is 0 Å². The van der Waals surface area contributed by atoms with E-state index in [0.29, 0.717) is 0 Å². The molecule has 0 unspecified atom stereocenters. The van der Waals surface area contributed by atoms with Gasteiger partial charge in [0.05, 0.1) is 0 Å². The molecule has 0 saturated carbocycles. The number of furan rings is 1. The molecule has 49 heavy (non-hydrogen) atoms. The first-order valence-electron chi connectivity index (χ1n) is 16.9. The van der Waals surface area contributed by atoms with Crippen molar-refractivity contribution in [3.05, 3.63) is 170 Å². The van der Waals surface area contributed by atoms with Crippen molar-refractivity contribution in [3.8, 4) is 22.3 Å². The molecule has 0 radical (unpaired) electrons. The highest BCUT2D eigenvalue weighted by molar-refractivity contribution is 6.35. The molecular formula is C48H28O. The fourth-order valence-electron chi connectivity index (χ4n) is 8.51. The smallest absolute Gasteiger partial charge is 0.136 e. The Morgan fingerprint density at radius 2 is 0.755 bits per heavy atom. The lowest BCUT2D eigenvalue weighted by atomic mass is 9.84. The molecule has 1 nitrogen and oxygen atoms in total. The SMILES string of the molecule is c1ccc2cc(-c3c4ccccc4c(-c4ccc5c(c4)c4ccccc4c4ccc6oc7ccccc7c6c45)c4ccccc34)ccc2c1. The van der Waals surface area contributed by atoms with Crippen LogP contribution in [0.2, 0.25) is 0 Å². The minimum atomic E-state index is 0.923. The zero-order chi connectivity index (χ0) is 32.1. The van der Waals surface area contributed by atoms with E-state index in [9.17, 15) is 0 Å². The van der Waals surface area contributed by atoms with Crippen molar-refractivity contribution in [1.82, 2.24) is 0 Å². The van der Waals surface area contributed by atoms with Crippen molar-refractivity contribution in [1.29, 1.82) is 0 Å². The third kappa shape index (κ3) is 3.76. The molecule has 1 aromatic heterocycles. The molecule has 0 N–H and O–H groups in total. The molecule has 11 aromatic rings. The average Bonchev–Trinajstić information content (AvgIpc) is 3.55. The second-order valence-electron chi connectivity index (χ2n) is 13.2. The van der Waals surface area contributed by atoms with Gasteiger partial charge in [-0.15, -0.1) is 0 Å². The van der Waals surface area contributed by atoms with Crippen LogP contribution in [-0.2, 0) is 0 Å². The Kier molecular flexibility index (Phi) is 5.45. The lowest BCUT2D eigenvalue weighted by molar-refractivity contribution is 0.669. The molecule has 0 saturated heterocycles. The quantitative estimate of drug-likeness (QED) is 0.138. The van der Waals surface area contributed by atoms with E-state index in [4.69, 9.17) is 4.42 Å². The molecule has 0 atom stereocenters. The van der Waals surface area contributed by atoms with Crippen molar-refractivity contribution >= 4 is 86.6 Å². The summed E-state index contributed by atoms with van der Waals surface area (Å²) in [6, 6.07) is 62.1. The number of para-hydroxylation sites is 1. The number of rotatable bonds is 2. The number of benzene rings is 10. The Morgan fingerprint density at radius 1 is 0.265 bits per heavy atom. The van der Waals surface area contributed by atoms with E-state index in [1.807, 2.05) is 6.07 Å². The molecule has 0 fully saturated rings. The molecular weight excluding hydrogens is 593 g/mol. The second kappa shape index (κ2) is 10.0. The van der Waals surface area contributed by atoms with Gasteiger partial charge in [0, 0.05) is 16.2 Å². The molecule has 0 aliphatic rings. The number of hydrogen-bond donors (Lipinski definition) is 0. The van der Waals surface area contributed by atoms with E-state index in [0.717, 1.165) is 16.6 Å². The van der Waals surface area contributed by atoms with Crippen LogP contribution in [-0.4, -0.2) is 0 Å². The van der Waals surface area contributed by atoms with Crippen molar-refractivity contribution in [2.45, 2.75) is 0 Å². The summed E-state index contributed by atoms with van der Waals surface area (Å²) < 4.78 is 6.38. The number of hydrogen-bond acceptors (Lipinski definition) is 1. The fourth-order valence-corrected chi connectivity index (χ4v) is 8.51. The predicted molar refractivity (Wildman–Crippen MR) is 210 cm³/mol. The van der Waals surface area contributed by atoms with Gasteiger partial charge in [0.2, 0.25) is 0 Å². The lowest BCUT2D eigenvalue weighted by Crippen LogP contribution is -1.91. The Bertz CT molecular complexity index is 3100. The first kappa shape index (κ1) is 26.6. The molecule has 0 aliphatic heterocycles. The Labute approximate surface area is 282 Å². The fraction of sp³-hybridized carbons (Fsp3) is 0. The first-order chi connectivity index (χ1) is 24.3. The monoisotopic (exact) mass is 620 g/mol. The maximum Gasteiger partial charge on any atom is 0.136 e. The highest BCUT2D eigenvalue weighted by Gasteiger charge is 2.20. The highest BCUT2D eigenvalue weighted by Crippen LogP contribution is 2.47. The van der Waals surface area contributed by atoms with Crippen molar-refractivity contribution < 1.29 is 4.42 Å². The van der Waals surface area contributed by atoms with Gasteiger partial charge >= 0.3 is 0 Å². The van der Waals surface area contributed by atoms with Crippen molar-refractivity contribution in [2.75, 3.05) is 0 Å². The summed E-state index contributed by atoms with van der Waals surface area (Å²) in [6.45, 7) is 0. The Balaban J connectivity index is 1.26. The highest BCUT2D eigenvalue weighted by atomic mass is 16.3. The van der Waals surface area contributed by atoms with Gasteiger partial charge in [0.1, 0.15) is 11.2 Å². The largest absolute Gasteiger partial charge is 0.456 e. The van der Waals surface area contributed by atoms with E-state index in [1.165, 1.54) is 92.3 Å². The average molecular weight is 621 g/mol. The van der Waals surface area contributed by atoms with E-state index in [2.05, 4.69) is 164 Å². The molecule has 11 rings (SSSR count). The van der Waals surface area contributed by atoms with Crippen LogP contribution in [0.15, 0.2) is 174 Å². The summed E-state index contributed by atoms with van der Waals surface area (Å²) in [5.74, 6) is 0. The second-order valence-corrected chi connectivity index (χ2v) is 13.2. The van der Waals surface area contributed by atoms with Gasteiger partial charge in [-0.05, 0) is 112 Å². The summed E-state index contributed by atoms with van der Waals surface area (Å²) in [5, 5.41) is 17.4. The normalized spacial score (nSPS) is 12.1.